The first-order valence-corrected chi connectivity index (χ1v) is 2.81. The summed E-state index contributed by atoms with van der Waals surface area (Å²) in [7, 11) is 0. The van der Waals surface area contributed by atoms with E-state index in [1.807, 2.05) is 0 Å². The van der Waals surface area contributed by atoms with Crippen LogP contribution in [0.2, 0.25) is 0 Å². The number of hydrogen-bond donors (Lipinski definition) is 0. The first kappa shape index (κ1) is 3.49. The second-order valence-electron chi connectivity index (χ2n) is 2.63. The molecule has 2 aliphatic carbocycles. The Balaban J connectivity index is 2.06. The van der Waals surface area contributed by atoms with Gasteiger partial charge in [0, 0.05) is 5.92 Å². The molecule has 0 amide bonds. The molecule has 1 nitrogen and oxygen atoms in total. The van der Waals surface area contributed by atoms with Crippen LogP contribution < -0.4 is 0 Å². The van der Waals surface area contributed by atoms with E-state index in [4.69, 9.17) is 5.26 Å². The molecule has 2 rings (SSSR count). The van der Waals surface area contributed by atoms with Crippen molar-refractivity contribution in [3.8, 4) is 6.07 Å². The highest BCUT2D eigenvalue weighted by Gasteiger charge is 2.53. The van der Waals surface area contributed by atoms with Crippen LogP contribution in [-0.4, -0.2) is 0 Å². The van der Waals surface area contributed by atoms with Gasteiger partial charge < -0.3 is 0 Å². The van der Waals surface area contributed by atoms with Crippen LogP contribution in [0.1, 0.15) is 12.8 Å². The third-order valence-electron chi connectivity index (χ3n) is 2.22. The van der Waals surface area contributed by atoms with E-state index in [2.05, 4.69) is 6.07 Å². The molecule has 2 aliphatic rings. The van der Waals surface area contributed by atoms with Gasteiger partial charge in [0.2, 0.25) is 0 Å². The molecule has 0 radical (unpaired) electrons. The fraction of sp³-hybridized carbons (Fsp3) is 0.833. The summed E-state index contributed by atoms with van der Waals surface area (Å²) in [6.45, 7) is 0. The van der Waals surface area contributed by atoms with Crippen LogP contribution in [0.5, 0.6) is 0 Å². The van der Waals surface area contributed by atoms with Gasteiger partial charge in [-0.2, -0.15) is 5.26 Å². The van der Waals surface area contributed by atoms with Crippen molar-refractivity contribution >= 4 is 0 Å². The minimum absolute atomic E-state index is 0.463. The lowest BCUT2D eigenvalue weighted by molar-refractivity contribution is 0.366. The summed E-state index contributed by atoms with van der Waals surface area (Å²) in [5.74, 6) is 2.31. The van der Waals surface area contributed by atoms with Gasteiger partial charge in [0.1, 0.15) is 0 Å². The Kier molecular flexibility index (Phi) is 0.418. The average Bonchev–Trinajstić information content (AvgIpc) is 2.18. The van der Waals surface area contributed by atoms with Gasteiger partial charge >= 0.3 is 0 Å². The lowest BCUT2D eigenvalue weighted by atomic mass is 9.87. The molecule has 2 fully saturated rings. The van der Waals surface area contributed by atoms with Crippen molar-refractivity contribution in [3.05, 3.63) is 0 Å². The summed E-state index contributed by atoms with van der Waals surface area (Å²) in [5.41, 5.74) is 0. The molecule has 0 N–H and O–H groups in total. The van der Waals surface area contributed by atoms with E-state index in [0.29, 0.717) is 5.92 Å². The summed E-state index contributed by atoms with van der Waals surface area (Å²) in [6.07, 6.45) is 2.57. The van der Waals surface area contributed by atoms with Gasteiger partial charge in [-0.1, -0.05) is 0 Å². The highest BCUT2D eigenvalue weighted by molar-refractivity contribution is 5.10. The fourth-order valence-corrected chi connectivity index (χ4v) is 1.49. The van der Waals surface area contributed by atoms with Crippen LogP contribution in [0.3, 0.4) is 0 Å². The molecule has 0 aromatic heterocycles. The SMILES string of the molecule is N#CC1CC2CC12. The van der Waals surface area contributed by atoms with E-state index in [1.54, 1.807) is 0 Å². The van der Waals surface area contributed by atoms with Gasteiger partial charge in [-0.3, -0.25) is 0 Å². The van der Waals surface area contributed by atoms with Crippen LogP contribution in [0.25, 0.3) is 0 Å². The number of nitrogens with zero attached hydrogens (tertiary/aromatic N) is 1. The quantitative estimate of drug-likeness (QED) is 0.441. The second-order valence-corrected chi connectivity index (χ2v) is 2.63. The van der Waals surface area contributed by atoms with Gasteiger partial charge in [-0.25, -0.2) is 0 Å². The maximum atomic E-state index is 8.33. The Morgan fingerprint density at radius 3 is 2.43 bits per heavy atom. The minimum atomic E-state index is 0.463. The maximum Gasteiger partial charge on any atom is 0.0658 e. The lowest BCUT2D eigenvalue weighted by Gasteiger charge is -2.15. The van der Waals surface area contributed by atoms with E-state index in [-0.39, 0.29) is 0 Å². The van der Waals surface area contributed by atoms with Gasteiger partial charge in [0.25, 0.3) is 0 Å². The van der Waals surface area contributed by atoms with E-state index in [0.717, 1.165) is 11.8 Å². The Hall–Kier alpha value is -0.510. The third-order valence-corrected chi connectivity index (χ3v) is 2.22. The predicted molar refractivity (Wildman–Crippen MR) is 25.3 cm³/mol. The van der Waals surface area contributed by atoms with Crippen molar-refractivity contribution in [1.82, 2.24) is 0 Å². The maximum absolute atomic E-state index is 8.33. The number of fused-ring (bicyclic) bond motifs is 1. The standard InChI is InChI=1S/C6H7N/c7-3-5-1-4-2-6(4)5/h4-6H,1-2H2. The van der Waals surface area contributed by atoms with E-state index in [9.17, 15) is 0 Å². The van der Waals surface area contributed by atoms with Crippen molar-refractivity contribution in [2.75, 3.05) is 0 Å². The monoisotopic (exact) mass is 93.1 g/mol. The predicted octanol–water partition coefficient (Wildman–Crippen LogP) is 1.17. The smallest absolute Gasteiger partial charge is 0.0658 e. The molecular weight excluding hydrogens is 86.1 g/mol. The third kappa shape index (κ3) is 0.279. The van der Waals surface area contributed by atoms with Crippen molar-refractivity contribution in [1.29, 1.82) is 5.26 Å². The highest BCUT2D eigenvalue weighted by atomic mass is 14.6. The van der Waals surface area contributed by atoms with Crippen LogP contribution in [0, 0.1) is 29.1 Å². The molecule has 3 atom stereocenters. The van der Waals surface area contributed by atoms with Crippen LogP contribution in [0.4, 0.5) is 0 Å². The van der Waals surface area contributed by atoms with E-state index >= 15 is 0 Å². The molecule has 36 valence electrons. The Morgan fingerprint density at radius 1 is 1.43 bits per heavy atom. The fourth-order valence-electron chi connectivity index (χ4n) is 1.49. The van der Waals surface area contributed by atoms with Gasteiger partial charge in [0.05, 0.1) is 6.07 Å². The van der Waals surface area contributed by atoms with Crippen molar-refractivity contribution in [2.24, 2.45) is 17.8 Å². The molecule has 0 heterocycles. The number of rotatable bonds is 0. The topological polar surface area (TPSA) is 23.8 Å². The van der Waals surface area contributed by atoms with E-state index < -0.39 is 0 Å². The largest absolute Gasteiger partial charge is 0.198 e. The Morgan fingerprint density at radius 2 is 2.29 bits per heavy atom. The molecule has 0 spiro atoms. The molecule has 0 aliphatic heterocycles. The molecule has 0 aromatic carbocycles. The summed E-state index contributed by atoms with van der Waals surface area (Å²) < 4.78 is 0. The molecular formula is C6H7N. The zero-order valence-corrected chi connectivity index (χ0v) is 4.09. The molecule has 7 heavy (non-hydrogen) atoms. The highest BCUT2D eigenvalue weighted by Crippen LogP contribution is 2.59. The van der Waals surface area contributed by atoms with Crippen molar-refractivity contribution in [2.45, 2.75) is 12.8 Å². The zero-order valence-electron chi connectivity index (χ0n) is 4.09. The summed E-state index contributed by atoms with van der Waals surface area (Å²) in [4.78, 5) is 0. The number of nitriles is 1. The minimum Gasteiger partial charge on any atom is -0.198 e. The van der Waals surface area contributed by atoms with Gasteiger partial charge in [-0.15, -0.1) is 0 Å². The molecule has 1 heteroatoms. The number of hydrogen-bond acceptors (Lipinski definition) is 1. The first-order chi connectivity index (χ1) is 3.42. The van der Waals surface area contributed by atoms with Gasteiger partial charge in [0.15, 0.2) is 0 Å². The van der Waals surface area contributed by atoms with Crippen molar-refractivity contribution in [3.63, 3.8) is 0 Å². The average molecular weight is 93.1 g/mol. The Labute approximate surface area is 42.9 Å². The second kappa shape index (κ2) is 0.838. The van der Waals surface area contributed by atoms with Gasteiger partial charge in [-0.05, 0) is 24.7 Å². The van der Waals surface area contributed by atoms with Crippen LogP contribution in [-0.2, 0) is 0 Å². The summed E-state index contributed by atoms with van der Waals surface area (Å²) in [6, 6.07) is 2.29. The van der Waals surface area contributed by atoms with E-state index in [1.165, 1.54) is 12.8 Å². The molecule has 0 aromatic rings. The molecule has 3 unspecified atom stereocenters. The molecule has 0 bridgehead atoms. The van der Waals surface area contributed by atoms with Crippen LogP contribution >= 0.6 is 0 Å². The first-order valence-electron chi connectivity index (χ1n) is 2.81. The Bertz CT molecular complexity index is 134. The summed E-state index contributed by atoms with van der Waals surface area (Å²) >= 11 is 0. The normalized spacial score (nSPS) is 53.9. The molecule has 0 saturated heterocycles. The van der Waals surface area contributed by atoms with Crippen molar-refractivity contribution < 1.29 is 0 Å². The molecule has 2 saturated carbocycles. The lowest BCUT2D eigenvalue weighted by Crippen LogP contribution is -2.12. The zero-order chi connectivity index (χ0) is 4.85. The van der Waals surface area contributed by atoms with Crippen LogP contribution in [0.15, 0.2) is 0 Å². The summed E-state index contributed by atoms with van der Waals surface area (Å²) in [5, 5.41) is 8.33.